The first kappa shape index (κ1) is 20.8. The maximum absolute atomic E-state index is 13.9. The number of carbonyl (C=O) groups excluding carboxylic acids is 1. The van der Waals surface area contributed by atoms with Crippen molar-refractivity contribution in [1.82, 2.24) is 9.97 Å². The number of rotatable bonds is 3. The molecular formula is C25H30F2N2O2. The molecule has 0 bridgehead atoms. The molecule has 6 atom stereocenters. The molecule has 4 unspecified atom stereocenters. The number of H-pyrrole nitrogens is 1. The Bertz CT molecular complexity index is 1060. The first-order valence-corrected chi connectivity index (χ1v) is 11.6. The van der Waals surface area contributed by atoms with Crippen LogP contribution in [-0.2, 0) is 0 Å². The van der Waals surface area contributed by atoms with E-state index < -0.39 is 5.92 Å². The van der Waals surface area contributed by atoms with Crippen molar-refractivity contribution in [2.75, 3.05) is 0 Å². The van der Waals surface area contributed by atoms with Crippen LogP contribution in [0.4, 0.5) is 8.78 Å². The van der Waals surface area contributed by atoms with Gasteiger partial charge in [0.1, 0.15) is 5.69 Å². The van der Waals surface area contributed by atoms with Gasteiger partial charge in [0.05, 0.1) is 10.9 Å². The Balaban J connectivity index is 1.48. The second-order valence-corrected chi connectivity index (χ2v) is 10.4. The molecule has 31 heavy (non-hydrogen) atoms. The number of halogens is 2. The van der Waals surface area contributed by atoms with E-state index in [1.165, 1.54) is 6.92 Å². The molecule has 3 fully saturated rings. The van der Waals surface area contributed by atoms with Crippen LogP contribution >= 0.6 is 0 Å². The van der Waals surface area contributed by atoms with Crippen LogP contribution in [0.15, 0.2) is 23.1 Å². The molecular weight excluding hydrogens is 398 g/mol. The van der Waals surface area contributed by atoms with E-state index in [9.17, 15) is 18.4 Å². The van der Waals surface area contributed by atoms with Crippen LogP contribution in [0.1, 0.15) is 80.9 Å². The lowest BCUT2D eigenvalue weighted by Gasteiger charge is -2.39. The van der Waals surface area contributed by atoms with E-state index in [0.717, 1.165) is 37.8 Å². The van der Waals surface area contributed by atoms with Gasteiger partial charge < -0.3 is 4.98 Å². The third-order valence-corrected chi connectivity index (χ3v) is 8.26. The summed E-state index contributed by atoms with van der Waals surface area (Å²) in [4.78, 5) is 32.5. The van der Waals surface area contributed by atoms with Gasteiger partial charge in [0, 0.05) is 43.6 Å². The summed E-state index contributed by atoms with van der Waals surface area (Å²) in [5, 5.41) is 0.358. The summed E-state index contributed by atoms with van der Waals surface area (Å²) in [6.45, 7) is 3.70. The Kier molecular flexibility index (Phi) is 5.02. The predicted molar refractivity (Wildman–Crippen MR) is 115 cm³/mol. The minimum absolute atomic E-state index is 0.0503. The van der Waals surface area contributed by atoms with Gasteiger partial charge in [-0.2, -0.15) is 0 Å². The highest BCUT2D eigenvalue weighted by atomic mass is 19.3. The summed E-state index contributed by atoms with van der Waals surface area (Å²) in [6, 6.07) is 3.42. The third kappa shape index (κ3) is 3.72. The van der Waals surface area contributed by atoms with Gasteiger partial charge in [-0.1, -0.05) is 13.3 Å². The molecule has 0 spiro atoms. The number of hydrogen-bond acceptors (Lipinski definition) is 3. The highest BCUT2D eigenvalue weighted by molar-refractivity contribution is 6.04. The van der Waals surface area contributed by atoms with E-state index in [1.807, 2.05) is 0 Å². The van der Waals surface area contributed by atoms with Crippen molar-refractivity contribution in [2.24, 2.45) is 29.6 Å². The number of aromatic nitrogens is 2. The van der Waals surface area contributed by atoms with Crippen molar-refractivity contribution in [2.45, 2.75) is 70.6 Å². The fraction of sp³-hybridized carbons (Fsp3) is 0.640. The smallest absolute Gasteiger partial charge is 0.248 e. The lowest BCUT2D eigenvalue weighted by atomic mass is 9.67. The molecule has 3 aliphatic carbocycles. The van der Waals surface area contributed by atoms with Gasteiger partial charge in [0.25, 0.3) is 0 Å². The minimum atomic E-state index is -2.48. The number of Topliss-reactive ketones (excluding diaryl/α,β-unsaturated/α-hetero) is 1. The van der Waals surface area contributed by atoms with Crippen LogP contribution < -0.4 is 5.43 Å². The van der Waals surface area contributed by atoms with Gasteiger partial charge in [0.2, 0.25) is 5.92 Å². The lowest BCUT2D eigenvalue weighted by molar-refractivity contribution is -0.00307. The minimum Gasteiger partial charge on any atom is -0.358 e. The van der Waals surface area contributed by atoms with Crippen LogP contribution in [-0.4, -0.2) is 21.7 Å². The first-order chi connectivity index (χ1) is 14.7. The number of hydrogen-bond donors (Lipinski definition) is 1. The number of carbonyl (C=O) groups is 1. The fourth-order valence-corrected chi connectivity index (χ4v) is 6.98. The van der Waals surface area contributed by atoms with Gasteiger partial charge >= 0.3 is 0 Å². The highest BCUT2D eigenvalue weighted by Crippen LogP contribution is 2.57. The second kappa shape index (κ2) is 7.49. The molecule has 3 aliphatic rings. The van der Waals surface area contributed by atoms with E-state index >= 15 is 0 Å². The van der Waals surface area contributed by atoms with Crippen LogP contribution in [0.3, 0.4) is 0 Å². The molecule has 1 N–H and O–H groups in total. The molecule has 0 radical (unpaired) electrons. The summed E-state index contributed by atoms with van der Waals surface area (Å²) in [7, 11) is 0. The normalized spacial score (nSPS) is 34.7. The zero-order valence-corrected chi connectivity index (χ0v) is 18.2. The topological polar surface area (TPSA) is 62.8 Å². The summed E-state index contributed by atoms with van der Waals surface area (Å²) in [5.74, 6) is -0.701. The van der Waals surface area contributed by atoms with Crippen LogP contribution in [0.25, 0.3) is 10.9 Å². The summed E-state index contributed by atoms with van der Waals surface area (Å²) in [6.07, 6.45) is 6.64. The standard InChI is InChI=1S/C25H30F2N2O2/c1-13-3-4-18(19(7-13)15-8-16-11-25(26,27)12-17(16)9-15)21-10-22(31)23-20(29-21)5-6-28-24(23)14(2)30/h5-6,10,13,15-19H,3-4,7-9,11-12H2,1-2H3,(H,29,31)/t13-,15?,16-,17?,18?,19?/m1/s1. The average Bonchev–Trinajstić information content (AvgIpc) is 3.20. The van der Waals surface area contributed by atoms with Crippen molar-refractivity contribution < 1.29 is 13.6 Å². The van der Waals surface area contributed by atoms with Gasteiger partial charge in [-0.15, -0.1) is 0 Å². The largest absolute Gasteiger partial charge is 0.358 e. The molecule has 4 nitrogen and oxygen atoms in total. The van der Waals surface area contributed by atoms with Crippen molar-refractivity contribution >= 4 is 16.7 Å². The Morgan fingerprint density at radius 3 is 2.52 bits per heavy atom. The molecule has 0 aromatic carbocycles. The number of ketones is 1. The summed E-state index contributed by atoms with van der Waals surface area (Å²) >= 11 is 0. The molecule has 2 heterocycles. The number of nitrogens with zero attached hydrogens (tertiary/aromatic N) is 1. The Morgan fingerprint density at radius 1 is 1.13 bits per heavy atom. The highest BCUT2D eigenvalue weighted by Gasteiger charge is 2.52. The average molecular weight is 429 g/mol. The molecule has 0 aliphatic heterocycles. The molecule has 2 aromatic rings. The van der Waals surface area contributed by atoms with Crippen LogP contribution in [0.2, 0.25) is 0 Å². The quantitative estimate of drug-likeness (QED) is 0.636. The third-order valence-electron chi connectivity index (χ3n) is 8.26. The number of aromatic amines is 1. The molecule has 6 heteroatoms. The predicted octanol–water partition coefficient (Wildman–Crippen LogP) is 5.72. The van der Waals surface area contributed by atoms with E-state index in [0.29, 0.717) is 28.7 Å². The van der Waals surface area contributed by atoms with Gasteiger partial charge in [-0.05, 0) is 61.3 Å². The number of pyridine rings is 2. The summed E-state index contributed by atoms with van der Waals surface area (Å²) < 4.78 is 27.7. The Labute approximate surface area is 180 Å². The molecule has 5 rings (SSSR count). The van der Waals surface area contributed by atoms with Crippen molar-refractivity contribution in [3.05, 3.63) is 39.9 Å². The van der Waals surface area contributed by atoms with Crippen molar-refractivity contribution in [3.8, 4) is 0 Å². The van der Waals surface area contributed by atoms with E-state index in [4.69, 9.17) is 0 Å². The molecule has 166 valence electrons. The van der Waals surface area contributed by atoms with Crippen LogP contribution in [0, 0.1) is 29.6 Å². The molecule has 0 saturated heterocycles. The molecule has 2 aromatic heterocycles. The number of fused-ring (bicyclic) bond motifs is 2. The Hall–Kier alpha value is -2.11. The zero-order valence-electron chi connectivity index (χ0n) is 18.2. The molecule has 3 saturated carbocycles. The lowest BCUT2D eigenvalue weighted by Crippen LogP contribution is -2.30. The maximum Gasteiger partial charge on any atom is 0.248 e. The Morgan fingerprint density at radius 2 is 1.84 bits per heavy atom. The zero-order chi connectivity index (χ0) is 21.9. The maximum atomic E-state index is 13.9. The SMILES string of the molecule is CC(=O)c1nccc2[nH]c(C3CC[C@@H](C)CC3C3CC4CC(F)(F)C[C@H]4C3)cc(=O)c12. The van der Waals surface area contributed by atoms with Gasteiger partial charge in [0.15, 0.2) is 11.2 Å². The van der Waals surface area contributed by atoms with Gasteiger partial charge in [-0.25, -0.2) is 8.78 Å². The fourth-order valence-electron chi connectivity index (χ4n) is 6.98. The monoisotopic (exact) mass is 428 g/mol. The number of nitrogens with one attached hydrogen (secondary N) is 1. The first-order valence-electron chi connectivity index (χ1n) is 11.6. The second-order valence-electron chi connectivity index (χ2n) is 10.4. The van der Waals surface area contributed by atoms with Crippen molar-refractivity contribution in [1.29, 1.82) is 0 Å². The van der Waals surface area contributed by atoms with E-state index in [2.05, 4.69) is 16.9 Å². The molecule has 0 amide bonds. The van der Waals surface area contributed by atoms with Crippen LogP contribution in [0.5, 0.6) is 0 Å². The summed E-state index contributed by atoms with van der Waals surface area (Å²) in [5.41, 5.74) is 1.63. The van der Waals surface area contributed by atoms with E-state index in [1.54, 1.807) is 18.3 Å². The van der Waals surface area contributed by atoms with Crippen molar-refractivity contribution in [3.63, 3.8) is 0 Å². The van der Waals surface area contributed by atoms with E-state index in [-0.39, 0.29) is 47.5 Å². The number of alkyl halides is 2. The van der Waals surface area contributed by atoms with Gasteiger partial charge in [-0.3, -0.25) is 14.6 Å².